The normalized spacial score (nSPS) is 12.1. The summed E-state index contributed by atoms with van der Waals surface area (Å²) in [6.45, 7) is 7.35. The number of carbonyl (C=O) groups is 1. The van der Waals surface area contributed by atoms with Gasteiger partial charge in [0.25, 0.3) is 0 Å². The molecule has 1 unspecified atom stereocenters. The molecule has 1 atom stereocenters. The highest BCUT2D eigenvalue weighted by molar-refractivity contribution is 5.82. The summed E-state index contributed by atoms with van der Waals surface area (Å²) in [4.78, 5) is 21.8. The van der Waals surface area contributed by atoms with Crippen LogP contribution in [0.3, 0.4) is 0 Å². The molecule has 0 N–H and O–H groups in total. The Labute approximate surface area is 121 Å². The second-order valence-electron chi connectivity index (χ2n) is 4.23. The number of ether oxygens (including phenoxy) is 1. The molecule has 112 valence electrons. The van der Waals surface area contributed by atoms with Crippen molar-refractivity contribution in [2.24, 2.45) is 0 Å². The summed E-state index contributed by atoms with van der Waals surface area (Å²) >= 11 is 0. The van der Waals surface area contributed by atoms with Crippen molar-refractivity contribution in [2.45, 2.75) is 19.8 Å². The Hall–Kier alpha value is -2.50. The van der Waals surface area contributed by atoms with Crippen LogP contribution in [0.4, 0.5) is 10.1 Å². The van der Waals surface area contributed by atoms with E-state index in [1.54, 1.807) is 26.0 Å². The molecule has 0 heterocycles. The molecule has 0 fully saturated rings. The number of nitrogens with zero attached hydrogens (tertiary/aromatic N) is 1. The smallest absolute Gasteiger partial charge is 0.317 e. The fraction of sp³-hybridized carbons (Fsp3) is 0.267. The van der Waals surface area contributed by atoms with Gasteiger partial charge >= 0.3 is 11.7 Å². The Bertz CT molecular complexity index is 595. The molecular formula is C15H16FNO4. The van der Waals surface area contributed by atoms with E-state index in [0.717, 1.165) is 12.1 Å². The van der Waals surface area contributed by atoms with Crippen LogP contribution in [0.25, 0.3) is 0 Å². The highest BCUT2D eigenvalue weighted by Crippen LogP contribution is 2.29. The lowest BCUT2D eigenvalue weighted by molar-refractivity contribution is -0.387. The van der Waals surface area contributed by atoms with Crippen LogP contribution >= 0.6 is 0 Å². The molecular weight excluding hydrogens is 277 g/mol. The number of nitro groups is 1. The first kappa shape index (κ1) is 16.6. The maximum absolute atomic E-state index is 13.7. The highest BCUT2D eigenvalue weighted by atomic mass is 19.1. The lowest BCUT2D eigenvalue weighted by Crippen LogP contribution is -2.17. The van der Waals surface area contributed by atoms with Gasteiger partial charge in [-0.3, -0.25) is 14.9 Å². The third-order valence-corrected chi connectivity index (χ3v) is 2.78. The zero-order valence-corrected chi connectivity index (χ0v) is 11.8. The minimum atomic E-state index is -1.000. The molecule has 0 saturated carbocycles. The highest BCUT2D eigenvalue weighted by Gasteiger charge is 2.26. The van der Waals surface area contributed by atoms with Gasteiger partial charge < -0.3 is 4.74 Å². The molecule has 0 aromatic heterocycles. The van der Waals surface area contributed by atoms with Crippen molar-refractivity contribution in [3.8, 4) is 0 Å². The van der Waals surface area contributed by atoms with Gasteiger partial charge in [-0.2, -0.15) is 4.39 Å². The molecule has 0 radical (unpaired) electrons. The van der Waals surface area contributed by atoms with Crippen molar-refractivity contribution < 1.29 is 18.8 Å². The van der Waals surface area contributed by atoms with E-state index in [0.29, 0.717) is 5.57 Å². The lowest BCUT2D eigenvalue weighted by atomic mass is 9.91. The van der Waals surface area contributed by atoms with Crippen molar-refractivity contribution in [1.29, 1.82) is 0 Å². The second kappa shape index (κ2) is 7.33. The standard InChI is InChI=1S/C15H16FNO4/c1-4-6-10(3)14(15(18)21-5-2)11-7-8-13(17(19)20)12(16)9-11/h4,6-9,14H,3,5H2,1-2H3/b6-4-. The van der Waals surface area contributed by atoms with Crippen LogP contribution in [0.5, 0.6) is 0 Å². The van der Waals surface area contributed by atoms with E-state index in [1.165, 1.54) is 6.07 Å². The molecule has 0 spiro atoms. The van der Waals surface area contributed by atoms with Gasteiger partial charge in [-0.15, -0.1) is 0 Å². The first-order valence-corrected chi connectivity index (χ1v) is 6.34. The molecule has 1 rings (SSSR count). The second-order valence-corrected chi connectivity index (χ2v) is 4.23. The molecule has 1 aromatic rings. The number of esters is 1. The van der Waals surface area contributed by atoms with Crippen molar-refractivity contribution in [3.05, 3.63) is 64.0 Å². The number of rotatable bonds is 6. The Morgan fingerprint density at radius 3 is 2.71 bits per heavy atom. The van der Waals surface area contributed by atoms with Gasteiger partial charge in [0, 0.05) is 6.07 Å². The maximum atomic E-state index is 13.7. The van der Waals surface area contributed by atoms with Crippen molar-refractivity contribution in [1.82, 2.24) is 0 Å². The monoisotopic (exact) mass is 293 g/mol. The Kier molecular flexibility index (Phi) is 5.78. The summed E-state index contributed by atoms with van der Waals surface area (Å²) in [7, 11) is 0. The van der Waals surface area contributed by atoms with Crippen LogP contribution in [-0.2, 0) is 9.53 Å². The van der Waals surface area contributed by atoms with Gasteiger partial charge in [0.2, 0.25) is 5.82 Å². The molecule has 0 amide bonds. The molecule has 0 aliphatic rings. The molecule has 21 heavy (non-hydrogen) atoms. The molecule has 0 aliphatic carbocycles. The molecule has 5 nitrogen and oxygen atoms in total. The zero-order valence-electron chi connectivity index (χ0n) is 11.8. The SMILES string of the molecule is C=C(/C=C\C)C(C(=O)OCC)c1ccc([N+](=O)[O-])c(F)c1. The summed E-state index contributed by atoms with van der Waals surface area (Å²) in [5, 5.41) is 10.6. The van der Waals surface area contributed by atoms with E-state index >= 15 is 0 Å². The van der Waals surface area contributed by atoms with Crippen LogP contribution in [0.1, 0.15) is 25.3 Å². The van der Waals surface area contributed by atoms with Gasteiger partial charge in [0.05, 0.1) is 11.5 Å². The summed E-state index contributed by atoms with van der Waals surface area (Å²) < 4.78 is 18.7. The minimum absolute atomic E-state index is 0.175. The number of allylic oxidation sites excluding steroid dienone is 2. The number of carbonyl (C=O) groups excluding carboxylic acids is 1. The average Bonchev–Trinajstić information content (AvgIpc) is 2.39. The van der Waals surface area contributed by atoms with Gasteiger partial charge in [0.15, 0.2) is 0 Å². The number of hydrogen-bond acceptors (Lipinski definition) is 4. The predicted octanol–water partition coefficient (Wildman–Crippen LogP) is 3.51. The topological polar surface area (TPSA) is 69.4 Å². The average molecular weight is 293 g/mol. The maximum Gasteiger partial charge on any atom is 0.317 e. The number of benzene rings is 1. The Balaban J connectivity index is 3.26. The van der Waals surface area contributed by atoms with E-state index in [-0.39, 0.29) is 12.2 Å². The van der Waals surface area contributed by atoms with Crippen molar-refractivity contribution in [3.63, 3.8) is 0 Å². The molecule has 0 bridgehead atoms. The summed E-state index contributed by atoms with van der Waals surface area (Å²) in [6.07, 6.45) is 3.30. The van der Waals surface area contributed by atoms with Crippen LogP contribution in [0.2, 0.25) is 0 Å². The summed E-state index contributed by atoms with van der Waals surface area (Å²) in [6, 6.07) is 3.33. The number of nitro benzene ring substituents is 1. The zero-order chi connectivity index (χ0) is 16.0. The fourth-order valence-electron chi connectivity index (χ4n) is 1.89. The molecule has 0 saturated heterocycles. The van der Waals surface area contributed by atoms with Gasteiger partial charge in [-0.25, -0.2) is 0 Å². The van der Waals surface area contributed by atoms with E-state index in [9.17, 15) is 19.3 Å². The van der Waals surface area contributed by atoms with Gasteiger partial charge in [-0.05, 0) is 31.1 Å². The van der Waals surface area contributed by atoms with Gasteiger partial charge in [-0.1, -0.05) is 24.8 Å². The first-order chi connectivity index (χ1) is 9.92. The van der Waals surface area contributed by atoms with E-state index < -0.39 is 28.3 Å². The van der Waals surface area contributed by atoms with Gasteiger partial charge in [0.1, 0.15) is 5.92 Å². The summed E-state index contributed by atoms with van der Waals surface area (Å²) in [5.74, 6) is -2.47. The third kappa shape index (κ3) is 3.98. The lowest BCUT2D eigenvalue weighted by Gasteiger charge is -2.16. The van der Waals surface area contributed by atoms with E-state index in [2.05, 4.69) is 6.58 Å². The number of halogens is 1. The van der Waals surface area contributed by atoms with Crippen LogP contribution in [-0.4, -0.2) is 17.5 Å². The molecule has 1 aromatic carbocycles. The quantitative estimate of drug-likeness (QED) is 0.348. The largest absolute Gasteiger partial charge is 0.465 e. The first-order valence-electron chi connectivity index (χ1n) is 6.34. The third-order valence-electron chi connectivity index (χ3n) is 2.78. The van der Waals surface area contributed by atoms with E-state index in [4.69, 9.17) is 4.74 Å². The van der Waals surface area contributed by atoms with Crippen LogP contribution in [0, 0.1) is 15.9 Å². The predicted molar refractivity (Wildman–Crippen MR) is 76.4 cm³/mol. The van der Waals surface area contributed by atoms with Crippen molar-refractivity contribution in [2.75, 3.05) is 6.61 Å². The number of hydrogen-bond donors (Lipinski definition) is 0. The minimum Gasteiger partial charge on any atom is -0.465 e. The Morgan fingerprint density at radius 1 is 1.57 bits per heavy atom. The molecule has 0 aliphatic heterocycles. The van der Waals surface area contributed by atoms with E-state index in [1.807, 2.05) is 0 Å². The molecule has 6 heteroatoms. The van der Waals surface area contributed by atoms with Crippen LogP contribution < -0.4 is 0 Å². The Morgan fingerprint density at radius 2 is 2.24 bits per heavy atom. The summed E-state index contributed by atoms with van der Waals surface area (Å²) in [5.41, 5.74) is 0.0434. The van der Waals surface area contributed by atoms with Crippen LogP contribution in [0.15, 0.2) is 42.5 Å². The fourth-order valence-corrected chi connectivity index (χ4v) is 1.89. The van der Waals surface area contributed by atoms with Crippen molar-refractivity contribution >= 4 is 11.7 Å².